The number of esters is 1. The summed E-state index contributed by atoms with van der Waals surface area (Å²) < 4.78 is 36.3. The molecule has 2 rings (SSSR count). The van der Waals surface area contributed by atoms with E-state index < -0.39 is 15.8 Å². The van der Waals surface area contributed by atoms with E-state index in [-0.39, 0.29) is 20.7 Å². The lowest BCUT2D eigenvalue weighted by Gasteiger charge is -2.17. The maximum absolute atomic E-state index is 13.2. The van der Waals surface area contributed by atoms with Gasteiger partial charge in [0.2, 0.25) is 9.84 Å². The molecule has 0 aliphatic heterocycles. The first-order chi connectivity index (χ1) is 11.9. The summed E-state index contributed by atoms with van der Waals surface area (Å²) >= 11 is 3.32. The predicted molar refractivity (Wildman–Crippen MR) is 98.4 cm³/mol. The Hall–Kier alpha value is -2.06. The molecule has 0 unspecified atom stereocenters. The van der Waals surface area contributed by atoms with Crippen molar-refractivity contribution in [3.05, 3.63) is 47.5 Å². The van der Waals surface area contributed by atoms with Gasteiger partial charge in [-0.15, -0.1) is 0 Å². The average Bonchev–Trinajstić information content (AvgIpc) is 2.65. The molecule has 0 atom stereocenters. The molecule has 25 heavy (non-hydrogen) atoms. The van der Waals surface area contributed by atoms with Crippen LogP contribution in [0.3, 0.4) is 0 Å². The maximum atomic E-state index is 13.2. The molecule has 6 nitrogen and oxygen atoms in total. The molecule has 0 spiro atoms. The number of carbonyl (C=O) groups excluding carboxylic acids is 1. The first-order valence-electron chi connectivity index (χ1n) is 7.27. The van der Waals surface area contributed by atoms with Crippen LogP contribution in [0.25, 0.3) is 0 Å². The largest absolute Gasteiger partial charge is 0.497 e. The Morgan fingerprint density at radius 1 is 1.12 bits per heavy atom. The van der Waals surface area contributed by atoms with Gasteiger partial charge in [0.05, 0.1) is 29.6 Å². The maximum Gasteiger partial charge on any atom is 0.339 e. The minimum atomic E-state index is -3.95. The van der Waals surface area contributed by atoms with Gasteiger partial charge in [0.1, 0.15) is 5.75 Å². The van der Waals surface area contributed by atoms with Gasteiger partial charge in [-0.05, 0) is 36.4 Å². The van der Waals surface area contributed by atoms with Crippen LogP contribution in [0.5, 0.6) is 5.75 Å². The van der Waals surface area contributed by atoms with Gasteiger partial charge in [-0.25, -0.2) is 13.2 Å². The molecular formula is C17H18BrNO5S. The van der Waals surface area contributed by atoms with Gasteiger partial charge in [-0.2, -0.15) is 0 Å². The highest BCUT2D eigenvalue weighted by Gasteiger charge is 2.29. The fourth-order valence-corrected chi connectivity index (χ4v) is 4.89. The predicted octanol–water partition coefficient (Wildman–Crippen LogP) is 3.25. The SMILES string of the molecule is CNc1ccc(C(=O)OC)c(S(=O)(=O)c2ccc(OC)cc2)c1CBr. The fourth-order valence-electron chi connectivity index (χ4n) is 2.45. The zero-order valence-electron chi connectivity index (χ0n) is 14.0. The molecule has 0 heterocycles. The van der Waals surface area contributed by atoms with E-state index in [1.807, 2.05) is 0 Å². The number of alkyl halides is 1. The van der Waals surface area contributed by atoms with Crippen LogP contribution < -0.4 is 10.1 Å². The highest BCUT2D eigenvalue weighted by Crippen LogP contribution is 2.34. The number of anilines is 1. The number of carbonyl (C=O) groups is 1. The van der Waals surface area contributed by atoms with Crippen LogP contribution in [0.15, 0.2) is 46.2 Å². The van der Waals surface area contributed by atoms with Gasteiger partial charge in [0, 0.05) is 23.6 Å². The molecule has 0 radical (unpaired) electrons. The van der Waals surface area contributed by atoms with Crippen molar-refractivity contribution < 1.29 is 22.7 Å². The smallest absolute Gasteiger partial charge is 0.339 e. The summed E-state index contributed by atoms with van der Waals surface area (Å²) in [5.41, 5.74) is 1.06. The molecule has 2 aromatic rings. The van der Waals surface area contributed by atoms with Gasteiger partial charge in [0.25, 0.3) is 0 Å². The van der Waals surface area contributed by atoms with Crippen molar-refractivity contribution >= 4 is 37.4 Å². The highest BCUT2D eigenvalue weighted by atomic mass is 79.9. The number of sulfone groups is 1. The van der Waals surface area contributed by atoms with Crippen molar-refractivity contribution in [3.8, 4) is 5.75 Å². The number of ether oxygens (including phenoxy) is 2. The van der Waals surface area contributed by atoms with E-state index in [1.165, 1.54) is 32.4 Å². The van der Waals surface area contributed by atoms with Crippen LogP contribution in [0, 0.1) is 0 Å². The number of halogens is 1. The Labute approximate surface area is 155 Å². The summed E-state index contributed by atoms with van der Waals surface area (Å²) in [7, 11) is 0.445. The lowest BCUT2D eigenvalue weighted by atomic mass is 10.1. The minimum absolute atomic E-state index is 0.00762. The summed E-state index contributed by atoms with van der Waals surface area (Å²) in [4.78, 5) is 12.1. The van der Waals surface area contributed by atoms with E-state index in [4.69, 9.17) is 9.47 Å². The quantitative estimate of drug-likeness (QED) is 0.562. The number of rotatable bonds is 6. The molecule has 2 aromatic carbocycles. The van der Waals surface area contributed by atoms with Gasteiger partial charge >= 0.3 is 5.97 Å². The molecule has 8 heteroatoms. The number of hydrogen-bond donors (Lipinski definition) is 1. The van der Waals surface area contributed by atoms with Crippen LogP contribution in [-0.2, 0) is 19.9 Å². The Kier molecular flexibility index (Phi) is 6.07. The van der Waals surface area contributed by atoms with Gasteiger partial charge in [-0.1, -0.05) is 15.9 Å². The van der Waals surface area contributed by atoms with Crippen LogP contribution in [0.1, 0.15) is 15.9 Å². The van der Waals surface area contributed by atoms with E-state index >= 15 is 0 Å². The average molecular weight is 428 g/mol. The van der Waals surface area contributed by atoms with Crippen LogP contribution in [-0.4, -0.2) is 35.7 Å². The van der Waals surface area contributed by atoms with Crippen LogP contribution in [0.4, 0.5) is 5.69 Å². The van der Waals surface area contributed by atoms with Gasteiger partial charge in [0.15, 0.2) is 0 Å². The number of benzene rings is 2. The Bertz CT molecular complexity index is 879. The molecule has 0 aromatic heterocycles. The molecule has 0 fully saturated rings. The third-order valence-electron chi connectivity index (χ3n) is 3.71. The van der Waals surface area contributed by atoms with E-state index in [0.29, 0.717) is 17.0 Å². The van der Waals surface area contributed by atoms with E-state index in [0.717, 1.165) is 0 Å². The van der Waals surface area contributed by atoms with E-state index in [2.05, 4.69) is 21.2 Å². The lowest BCUT2D eigenvalue weighted by Crippen LogP contribution is -2.15. The van der Waals surface area contributed by atoms with Crippen molar-refractivity contribution in [2.75, 3.05) is 26.6 Å². The third kappa shape index (κ3) is 3.64. The summed E-state index contributed by atoms with van der Waals surface area (Å²) in [6, 6.07) is 9.09. The molecule has 0 aliphatic carbocycles. The summed E-state index contributed by atoms with van der Waals surface area (Å²) in [5, 5.41) is 3.20. The van der Waals surface area contributed by atoms with Crippen molar-refractivity contribution in [2.45, 2.75) is 15.1 Å². The number of methoxy groups -OCH3 is 2. The zero-order chi connectivity index (χ0) is 18.6. The lowest BCUT2D eigenvalue weighted by molar-refractivity contribution is 0.0596. The second-order valence-electron chi connectivity index (χ2n) is 5.02. The van der Waals surface area contributed by atoms with Gasteiger partial charge < -0.3 is 14.8 Å². The van der Waals surface area contributed by atoms with Crippen molar-refractivity contribution in [1.82, 2.24) is 0 Å². The van der Waals surface area contributed by atoms with E-state index in [9.17, 15) is 13.2 Å². The highest BCUT2D eigenvalue weighted by molar-refractivity contribution is 9.08. The molecule has 0 bridgehead atoms. The first kappa shape index (κ1) is 19.3. The number of nitrogens with one attached hydrogen (secondary N) is 1. The Morgan fingerprint density at radius 3 is 2.24 bits per heavy atom. The van der Waals surface area contributed by atoms with Crippen LogP contribution in [0.2, 0.25) is 0 Å². The van der Waals surface area contributed by atoms with Crippen molar-refractivity contribution in [2.24, 2.45) is 0 Å². The Balaban J connectivity index is 2.78. The molecular weight excluding hydrogens is 410 g/mol. The van der Waals surface area contributed by atoms with Gasteiger partial charge in [-0.3, -0.25) is 0 Å². The molecule has 0 aliphatic rings. The molecule has 0 amide bonds. The molecule has 0 saturated heterocycles. The summed E-state index contributed by atoms with van der Waals surface area (Å²) in [6.07, 6.45) is 0. The fraction of sp³-hybridized carbons (Fsp3) is 0.235. The first-order valence-corrected chi connectivity index (χ1v) is 9.88. The molecule has 0 saturated carbocycles. The number of hydrogen-bond acceptors (Lipinski definition) is 6. The second kappa shape index (κ2) is 7.88. The molecule has 134 valence electrons. The third-order valence-corrected chi connectivity index (χ3v) is 6.16. The normalized spacial score (nSPS) is 11.0. The van der Waals surface area contributed by atoms with Crippen LogP contribution >= 0.6 is 15.9 Å². The van der Waals surface area contributed by atoms with Crippen molar-refractivity contribution in [3.63, 3.8) is 0 Å². The zero-order valence-corrected chi connectivity index (χ0v) is 16.4. The van der Waals surface area contributed by atoms with Crippen molar-refractivity contribution in [1.29, 1.82) is 0 Å². The summed E-state index contributed by atoms with van der Waals surface area (Å²) in [6.45, 7) is 0. The second-order valence-corrected chi connectivity index (χ2v) is 7.47. The monoisotopic (exact) mass is 427 g/mol. The topological polar surface area (TPSA) is 81.7 Å². The molecule has 1 N–H and O–H groups in total. The standard InChI is InChI=1S/C17H18BrNO5S/c1-19-15-9-8-13(17(20)24-3)16(14(15)10-18)25(21,22)12-6-4-11(23-2)5-7-12/h4-9,19H,10H2,1-3H3. The minimum Gasteiger partial charge on any atom is -0.497 e. The summed E-state index contributed by atoms with van der Waals surface area (Å²) in [5.74, 6) is -0.172. The Morgan fingerprint density at radius 2 is 1.76 bits per heavy atom. The van der Waals surface area contributed by atoms with E-state index in [1.54, 1.807) is 25.2 Å².